The van der Waals surface area contributed by atoms with Crippen LogP contribution in [0.4, 0.5) is 0 Å². The number of piperidine rings is 1. The van der Waals surface area contributed by atoms with E-state index in [4.69, 9.17) is 11.6 Å². The fraction of sp³-hybridized carbons (Fsp3) is 0.448. The van der Waals surface area contributed by atoms with E-state index in [2.05, 4.69) is 11.4 Å². The van der Waals surface area contributed by atoms with Gasteiger partial charge in [-0.2, -0.15) is 0 Å². The van der Waals surface area contributed by atoms with Crippen LogP contribution < -0.4 is 5.32 Å². The standard InChI is InChI=1S/C29H33ClN2O4S/c1-19-8-9-20(16-25(19)30)15-22(33)7-5-3-2-4-6-14-37-23-10-11-24-21(17-23)18-32(29(24)36)26-12-13-27(34)31-28(26)35/h8-11,16-17,26H,2-7,12-15,18H2,1H3,(H,31,34,35). The number of hydrogen-bond acceptors (Lipinski definition) is 5. The quantitative estimate of drug-likeness (QED) is 0.213. The van der Waals surface area contributed by atoms with Crippen molar-refractivity contribution in [3.05, 3.63) is 63.7 Å². The minimum Gasteiger partial charge on any atom is -0.322 e. The summed E-state index contributed by atoms with van der Waals surface area (Å²) < 4.78 is 0. The number of unbranched alkanes of at least 4 members (excludes halogenated alkanes) is 4. The summed E-state index contributed by atoms with van der Waals surface area (Å²) in [7, 11) is 0. The van der Waals surface area contributed by atoms with Crippen molar-refractivity contribution in [2.75, 3.05) is 5.75 Å². The number of nitrogens with zero attached hydrogens (tertiary/aromatic N) is 1. The molecule has 0 bridgehead atoms. The molecule has 8 heteroatoms. The molecule has 2 aliphatic rings. The second-order valence-corrected chi connectivity index (χ2v) is 11.5. The fourth-order valence-electron chi connectivity index (χ4n) is 4.85. The Bertz CT molecular complexity index is 1200. The minimum atomic E-state index is -0.579. The van der Waals surface area contributed by atoms with E-state index < -0.39 is 6.04 Å². The number of ketones is 1. The lowest BCUT2D eigenvalue weighted by Gasteiger charge is -2.29. The SMILES string of the molecule is Cc1ccc(CC(=O)CCCCCCCSc2ccc3c(c2)CN(C2CCC(=O)NC2=O)C3=O)cc1Cl. The number of thioether (sulfide) groups is 1. The molecule has 1 unspecified atom stereocenters. The van der Waals surface area contributed by atoms with Crippen LogP contribution in [-0.2, 0) is 27.3 Å². The third-order valence-corrected chi connectivity index (χ3v) is 8.49. The molecule has 37 heavy (non-hydrogen) atoms. The maximum atomic E-state index is 12.8. The van der Waals surface area contributed by atoms with Gasteiger partial charge in [0.1, 0.15) is 11.8 Å². The number of carbonyl (C=O) groups is 4. The molecular weight excluding hydrogens is 508 g/mol. The predicted molar refractivity (Wildman–Crippen MR) is 146 cm³/mol. The third kappa shape index (κ3) is 7.23. The molecule has 1 saturated heterocycles. The molecular formula is C29H33ClN2O4S. The Kier molecular flexibility index (Phi) is 9.43. The smallest absolute Gasteiger partial charge is 0.255 e. The first-order valence-corrected chi connectivity index (χ1v) is 14.4. The molecule has 3 amide bonds. The fourth-order valence-corrected chi connectivity index (χ4v) is 6.02. The highest BCUT2D eigenvalue weighted by Crippen LogP contribution is 2.31. The number of aryl methyl sites for hydroxylation is 1. The van der Waals surface area contributed by atoms with Crippen LogP contribution in [0.2, 0.25) is 5.02 Å². The molecule has 1 fully saturated rings. The summed E-state index contributed by atoms with van der Waals surface area (Å²) in [6, 6.07) is 11.1. The summed E-state index contributed by atoms with van der Waals surface area (Å²) >= 11 is 7.93. The normalized spacial score (nSPS) is 17.2. The number of amides is 3. The van der Waals surface area contributed by atoms with Gasteiger partial charge < -0.3 is 4.90 Å². The Hall–Kier alpha value is -2.64. The van der Waals surface area contributed by atoms with Crippen molar-refractivity contribution < 1.29 is 19.2 Å². The Labute approximate surface area is 227 Å². The molecule has 0 spiro atoms. The highest BCUT2D eigenvalue weighted by molar-refractivity contribution is 7.99. The number of hydrogen-bond donors (Lipinski definition) is 1. The summed E-state index contributed by atoms with van der Waals surface area (Å²) in [4.78, 5) is 51.4. The molecule has 0 aromatic heterocycles. The molecule has 6 nitrogen and oxygen atoms in total. The summed E-state index contributed by atoms with van der Waals surface area (Å²) in [5.74, 6) is 0.467. The number of halogens is 1. The van der Waals surface area contributed by atoms with Crippen LogP contribution in [0.25, 0.3) is 0 Å². The maximum Gasteiger partial charge on any atom is 0.255 e. The Morgan fingerprint density at radius 3 is 2.62 bits per heavy atom. The van der Waals surface area contributed by atoms with Gasteiger partial charge in [-0.05, 0) is 72.9 Å². The van der Waals surface area contributed by atoms with Gasteiger partial charge in [-0.1, -0.05) is 43.0 Å². The highest BCUT2D eigenvalue weighted by Gasteiger charge is 2.39. The van der Waals surface area contributed by atoms with E-state index in [1.54, 1.807) is 16.7 Å². The monoisotopic (exact) mass is 540 g/mol. The Balaban J connectivity index is 1.11. The molecule has 4 rings (SSSR count). The van der Waals surface area contributed by atoms with Gasteiger partial charge in [0, 0.05) is 41.3 Å². The lowest BCUT2D eigenvalue weighted by Crippen LogP contribution is -2.52. The van der Waals surface area contributed by atoms with Gasteiger partial charge in [0.15, 0.2) is 0 Å². The topological polar surface area (TPSA) is 83.6 Å². The lowest BCUT2D eigenvalue weighted by atomic mass is 10.0. The Morgan fingerprint density at radius 1 is 1.05 bits per heavy atom. The number of imide groups is 1. The molecule has 0 aliphatic carbocycles. The molecule has 1 atom stereocenters. The molecule has 1 N–H and O–H groups in total. The van der Waals surface area contributed by atoms with Crippen molar-refractivity contribution in [1.82, 2.24) is 10.2 Å². The van der Waals surface area contributed by atoms with E-state index in [9.17, 15) is 19.2 Å². The highest BCUT2D eigenvalue weighted by atomic mass is 35.5. The van der Waals surface area contributed by atoms with E-state index in [0.717, 1.165) is 59.4 Å². The molecule has 2 heterocycles. The van der Waals surface area contributed by atoms with E-state index in [0.29, 0.717) is 36.4 Å². The number of benzene rings is 2. The zero-order valence-electron chi connectivity index (χ0n) is 21.2. The van der Waals surface area contributed by atoms with Gasteiger partial charge in [0.2, 0.25) is 11.8 Å². The van der Waals surface area contributed by atoms with Crippen molar-refractivity contribution >= 4 is 46.9 Å². The van der Waals surface area contributed by atoms with Crippen LogP contribution in [0, 0.1) is 6.92 Å². The van der Waals surface area contributed by atoms with E-state index in [1.165, 1.54) is 0 Å². The molecule has 0 saturated carbocycles. The lowest BCUT2D eigenvalue weighted by molar-refractivity contribution is -0.137. The molecule has 2 aromatic rings. The summed E-state index contributed by atoms with van der Waals surface area (Å²) in [6.45, 7) is 2.36. The van der Waals surface area contributed by atoms with Gasteiger partial charge in [-0.3, -0.25) is 24.5 Å². The zero-order valence-corrected chi connectivity index (χ0v) is 22.8. The van der Waals surface area contributed by atoms with Crippen molar-refractivity contribution in [1.29, 1.82) is 0 Å². The number of carbonyl (C=O) groups excluding carboxylic acids is 4. The minimum absolute atomic E-state index is 0.137. The van der Waals surface area contributed by atoms with E-state index in [1.807, 2.05) is 37.3 Å². The Morgan fingerprint density at radius 2 is 1.84 bits per heavy atom. The molecule has 0 radical (unpaired) electrons. The first-order valence-electron chi connectivity index (χ1n) is 13.0. The van der Waals surface area contributed by atoms with Crippen LogP contribution in [0.5, 0.6) is 0 Å². The zero-order chi connectivity index (χ0) is 26.4. The van der Waals surface area contributed by atoms with Crippen molar-refractivity contribution in [2.24, 2.45) is 0 Å². The van der Waals surface area contributed by atoms with Crippen molar-refractivity contribution in [3.8, 4) is 0 Å². The van der Waals surface area contributed by atoms with Gasteiger partial charge >= 0.3 is 0 Å². The van der Waals surface area contributed by atoms with Crippen LogP contribution in [0.15, 0.2) is 41.3 Å². The molecule has 2 aliphatic heterocycles. The molecule has 196 valence electrons. The maximum absolute atomic E-state index is 12.8. The average molecular weight is 541 g/mol. The first kappa shape index (κ1) is 27.4. The van der Waals surface area contributed by atoms with Crippen molar-refractivity contribution in [3.63, 3.8) is 0 Å². The number of rotatable bonds is 12. The van der Waals surface area contributed by atoms with E-state index in [-0.39, 0.29) is 29.9 Å². The van der Waals surface area contributed by atoms with E-state index >= 15 is 0 Å². The summed E-state index contributed by atoms with van der Waals surface area (Å²) in [5.41, 5.74) is 3.60. The van der Waals surface area contributed by atoms with Crippen LogP contribution >= 0.6 is 23.4 Å². The van der Waals surface area contributed by atoms with Gasteiger partial charge in [0.05, 0.1) is 0 Å². The largest absolute Gasteiger partial charge is 0.322 e. The van der Waals surface area contributed by atoms with Crippen molar-refractivity contribution in [2.45, 2.75) is 82.2 Å². The third-order valence-electron chi connectivity index (χ3n) is 7.00. The predicted octanol–water partition coefficient (Wildman–Crippen LogP) is 5.65. The first-order chi connectivity index (χ1) is 17.8. The van der Waals surface area contributed by atoms with Crippen LogP contribution in [0.3, 0.4) is 0 Å². The average Bonchev–Trinajstić information content (AvgIpc) is 3.18. The van der Waals surface area contributed by atoms with Crippen LogP contribution in [0.1, 0.15) is 78.4 Å². The second-order valence-electron chi connectivity index (χ2n) is 9.88. The van der Waals surface area contributed by atoms with Gasteiger partial charge in [-0.25, -0.2) is 0 Å². The summed E-state index contributed by atoms with van der Waals surface area (Å²) in [6.07, 6.45) is 7.02. The van der Waals surface area contributed by atoms with Gasteiger partial charge in [-0.15, -0.1) is 11.8 Å². The molecule has 2 aromatic carbocycles. The van der Waals surface area contributed by atoms with Gasteiger partial charge in [0.25, 0.3) is 5.91 Å². The number of nitrogens with one attached hydrogen (secondary N) is 1. The van der Waals surface area contributed by atoms with Crippen LogP contribution in [-0.4, -0.2) is 40.2 Å². The summed E-state index contributed by atoms with van der Waals surface area (Å²) in [5, 5.41) is 3.05. The number of Topliss-reactive ketones (excluding diaryl/α,β-unsaturated/α-hetero) is 1. The number of fused-ring (bicyclic) bond motifs is 1. The second kappa shape index (κ2) is 12.7.